The molecule has 0 saturated carbocycles. The van der Waals surface area contributed by atoms with Crippen molar-refractivity contribution in [3.05, 3.63) is 29.3 Å². The van der Waals surface area contributed by atoms with Crippen molar-refractivity contribution in [1.29, 1.82) is 0 Å². The molecule has 6 heteroatoms. The van der Waals surface area contributed by atoms with Gasteiger partial charge in [0, 0.05) is 18.7 Å². The van der Waals surface area contributed by atoms with Gasteiger partial charge in [-0.1, -0.05) is 12.1 Å². The van der Waals surface area contributed by atoms with Crippen LogP contribution in [0.1, 0.15) is 22.8 Å². The van der Waals surface area contributed by atoms with E-state index >= 15 is 0 Å². The minimum Gasteiger partial charge on any atom is -0.379 e. The van der Waals surface area contributed by atoms with E-state index in [1.807, 2.05) is 0 Å². The molecular formula is C13H17NO4S. The molecule has 1 fully saturated rings. The van der Waals surface area contributed by atoms with Gasteiger partial charge in [0.25, 0.3) is 0 Å². The van der Waals surface area contributed by atoms with Crippen LogP contribution in [0.3, 0.4) is 0 Å². The number of carbonyl (C=O) groups excluding carboxylic acids is 1. The van der Waals surface area contributed by atoms with Gasteiger partial charge < -0.3 is 4.74 Å². The molecule has 1 saturated heterocycles. The molecule has 2 rings (SSSR count). The molecule has 0 spiro atoms. The molecule has 1 heterocycles. The van der Waals surface area contributed by atoms with E-state index in [9.17, 15) is 13.2 Å². The largest absolute Gasteiger partial charge is 0.379 e. The number of sulfonamides is 1. The highest BCUT2D eigenvalue weighted by Gasteiger charge is 2.28. The van der Waals surface area contributed by atoms with E-state index in [-0.39, 0.29) is 10.7 Å². The maximum atomic E-state index is 12.5. The lowest BCUT2D eigenvalue weighted by molar-refractivity contribution is 0.0730. The van der Waals surface area contributed by atoms with Crippen molar-refractivity contribution >= 4 is 15.8 Å². The van der Waals surface area contributed by atoms with Crippen molar-refractivity contribution in [2.75, 3.05) is 26.3 Å². The van der Waals surface area contributed by atoms with Crippen LogP contribution in [0, 0.1) is 6.92 Å². The molecule has 1 aliphatic rings. The zero-order chi connectivity index (χ0) is 14.0. The summed E-state index contributed by atoms with van der Waals surface area (Å²) in [5.41, 5.74) is 1.06. The number of aryl methyl sites for hydroxylation is 1. The molecular weight excluding hydrogens is 266 g/mol. The normalized spacial score (nSPS) is 17.4. The second kappa shape index (κ2) is 5.40. The van der Waals surface area contributed by atoms with Gasteiger partial charge in [-0.25, -0.2) is 8.42 Å². The lowest BCUT2D eigenvalue weighted by atomic mass is 10.1. The van der Waals surface area contributed by atoms with Crippen molar-refractivity contribution in [1.82, 2.24) is 4.31 Å². The topological polar surface area (TPSA) is 63.7 Å². The first-order chi connectivity index (χ1) is 8.93. The Kier molecular flexibility index (Phi) is 4.03. The number of morpholine rings is 1. The lowest BCUT2D eigenvalue weighted by Crippen LogP contribution is -2.40. The average Bonchev–Trinajstić information content (AvgIpc) is 2.39. The third-order valence-electron chi connectivity index (χ3n) is 3.18. The Morgan fingerprint density at radius 1 is 1.26 bits per heavy atom. The Balaban J connectivity index is 2.44. The number of ketones is 1. The Labute approximate surface area is 113 Å². The molecule has 0 aliphatic carbocycles. The predicted octanol–water partition coefficient (Wildman–Crippen LogP) is 1.22. The first kappa shape index (κ1) is 14.2. The van der Waals surface area contributed by atoms with Gasteiger partial charge in [0.1, 0.15) is 0 Å². The van der Waals surface area contributed by atoms with E-state index in [1.165, 1.54) is 17.3 Å². The molecule has 19 heavy (non-hydrogen) atoms. The van der Waals surface area contributed by atoms with E-state index in [4.69, 9.17) is 4.74 Å². The van der Waals surface area contributed by atoms with E-state index in [2.05, 4.69) is 0 Å². The minimum absolute atomic E-state index is 0.140. The molecule has 0 radical (unpaired) electrons. The van der Waals surface area contributed by atoms with Crippen LogP contribution < -0.4 is 0 Å². The fraction of sp³-hybridized carbons (Fsp3) is 0.462. The lowest BCUT2D eigenvalue weighted by Gasteiger charge is -2.26. The minimum atomic E-state index is -3.55. The molecule has 0 N–H and O–H groups in total. The van der Waals surface area contributed by atoms with Gasteiger partial charge in [0.05, 0.1) is 18.1 Å². The molecule has 1 aromatic rings. The first-order valence-corrected chi connectivity index (χ1v) is 7.56. The molecule has 0 aromatic heterocycles. The van der Waals surface area contributed by atoms with Crippen LogP contribution in [0.5, 0.6) is 0 Å². The van der Waals surface area contributed by atoms with Crippen LogP contribution in [-0.4, -0.2) is 44.8 Å². The molecule has 1 aromatic carbocycles. The molecule has 0 unspecified atom stereocenters. The number of carbonyl (C=O) groups is 1. The summed E-state index contributed by atoms with van der Waals surface area (Å²) in [5.74, 6) is -0.140. The number of hydrogen-bond acceptors (Lipinski definition) is 4. The highest BCUT2D eigenvalue weighted by molar-refractivity contribution is 7.89. The van der Waals surface area contributed by atoms with E-state index in [0.717, 1.165) is 0 Å². The summed E-state index contributed by atoms with van der Waals surface area (Å²) >= 11 is 0. The van der Waals surface area contributed by atoms with Gasteiger partial charge in [-0.15, -0.1) is 0 Å². The highest BCUT2D eigenvalue weighted by Crippen LogP contribution is 2.22. The molecule has 0 amide bonds. The van der Waals surface area contributed by atoms with Crippen LogP contribution >= 0.6 is 0 Å². The Morgan fingerprint density at radius 3 is 2.47 bits per heavy atom. The molecule has 0 bridgehead atoms. The van der Waals surface area contributed by atoms with Gasteiger partial charge in [0.15, 0.2) is 5.78 Å². The van der Waals surface area contributed by atoms with E-state index in [1.54, 1.807) is 19.1 Å². The first-order valence-electron chi connectivity index (χ1n) is 6.12. The van der Waals surface area contributed by atoms with Crippen LogP contribution in [-0.2, 0) is 14.8 Å². The molecule has 1 aliphatic heterocycles. The maximum absolute atomic E-state index is 12.5. The summed E-state index contributed by atoms with van der Waals surface area (Å²) in [7, 11) is -3.55. The zero-order valence-electron chi connectivity index (χ0n) is 11.0. The number of ether oxygens (including phenoxy) is 1. The van der Waals surface area contributed by atoms with Crippen molar-refractivity contribution in [2.24, 2.45) is 0 Å². The van der Waals surface area contributed by atoms with Crippen LogP contribution in [0.2, 0.25) is 0 Å². The Morgan fingerprint density at radius 2 is 1.89 bits per heavy atom. The molecule has 0 atom stereocenters. The van der Waals surface area contributed by atoms with Gasteiger partial charge in [-0.3, -0.25) is 4.79 Å². The Bertz CT molecular complexity index is 589. The predicted molar refractivity (Wildman–Crippen MR) is 70.8 cm³/mol. The van der Waals surface area contributed by atoms with Gasteiger partial charge in [-0.2, -0.15) is 4.31 Å². The van der Waals surface area contributed by atoms with Gasteiger partial charge in [0.2, 0.25) is 10.0 Å². The van der Waals surface area contributed by atoms with Crippen LogP contribution in [0.25, 0.3) is 0 Å². The van der Waals surface area contributed by atoms with Gasteiger partial charge in [-0.05, 0) is 25.5 Å². The zero-order valence-corrected chi connectivity index (χ0v) is 11.9. The fourth-order valence-corrected chi connectivity index (χ4v) is 3.68. The number of benzene rings is 1. The summed E-state index contributed by atoms with van der Waals surface area (Å²) in [4.78, 5) is 11.6. The Hall–Kier alpha value is -1.24. The van der Waals surface area contributed by atoms with Crippen molar-refractivity contribution in [3.63, 3.8) is 0 Å². The summed E-state index contributed by atoms with van der Waals surface area (Å²) in [6, 6.07) is 4.78. The highest BCUT2D eigenvalue weighted by atomic mass is 32.2. The molecule has 104 valence electrons. The molecule has 5 nitrogen and oxygen atoms in total. The van der Waals surface area contributed by atoms with Crippen molar-refractivity contribution in [2.45, 2.75) is 18.7 Å². The summed E-state index contributed by atoms with van der Waals surface area (Å²) in [5, 5.41) is 0. The number of hydrogen-bond donors (Lipinski definition) is 0. The van der Waals surface area contributed by atoms with E-state index in [0.29, 0.717) is 37.4 Å². The summed E-state index contributed by atoms with van der Waals surface area (Å²) < 4.78 is 31.7. The third kappa shape index (κ3) is 2.86. The number of rotatable bonds is 3. The summed E-state index contributed by atoms with van der Waals surface area (Å²) in [6.07, 6.45) is 0. The number of nitrogens with zero attached hydrogens (tertiary/aromatic N) is 1. The van der Waals surface area contributed by atoms with Crippen LogP contribution in [0.4, 0.5) is 0 Å². The quantitative estimate of drug-likeness (QED) is 0.782. The van der Waals surface area contributed by atoms with E-state index < -0.39 is 10.0 Å². The van der Waals surface area contributed by atoms with Crippen LogP contribution in [0.15, 0.2) is 23.1 Å². The summed E-state index contributed by atoms with van der Waals surface area (Å²) in [6.45, 7) is 4.68. The SMILES string of the molecule is CC(=O)c1ccc(C)c(S(=O)(=O)N2CCOCC2)c1. The van der Waals surface area contributed by atoms with Gasteiger partial charge >= 0.3 is 0 Å². The maximum Gasteiger partial charge on any atom is 0.243 e. The second-order valence-electron chi connectivity index (χ2n) is 4.55. The van der Waals surface area contributed by atoms with Crippen molar-refractivity contribution in [3.8, 4) is 0 Å². The monoisotopic (exact) mass is 283 g/mol. The third-order valence-corrected chi connectivity index (χ3v) is 5.22. The fourth-order valence-electron chi connectivity index (χ4n) is 2.02. The van der Waals surface area contributed by atoms with Crippen molar-refractivity contribution < 1.29 is 17.9 Å². The number of Topliss-reactive ketones (excluding diaryl/α,β-unsaturated/α-hetero) is 1. The smallest absolute Gasteiger partial charge is 0.243 e. The second-order valence-corrected chi connectivity index (χ2v) is 6.46. The average molecular weight is 283 g/mol. The standard InChI is InChI=1S/C13H17NO4S/c1-10-3-4-12(11(2)15)9-13(10)19(16,17)14-5-7-18-8-6-14/h3-4,9H,5-8H2,1-2H3.